The van der Waals surface area contributed by atoms with Gasteiger partial charge in [-0.15, -0.1) is 0 Å². The molecule has 1 N–H and O–H groups in total. The Hall–Kier alpha value is -1.50. The van der Waals surface area contributed by atoms with Crippen LogP contribution in [0.2, 0.25) is 0 Å². The molecular formula is C15H19N3O3. The van der Waals surface area contributed by atoms with Gasteiger partial charge in [0.25, 0.3) is 0 Å². The van der Waals surface area contributed by atoms with Gasteiger partial charge in [-0.2, -0.15) is 5.10 Å². The predicted octanol–water partition coefficient (Wildman–Crippen LogP) is 1.35. The Morgan fingerprint density at radius 2 is 2.33 bits per heavy atom. The molecule has 2 aliphatic rings. The van der Waals surface area contributed by atoms with Gasteiger partial charge in [-0.25, -0.2) is 4.52 Å². The monoisotopic (exact) mass is 289 g/mol. The Kier molecular flexibility index (Phi) is 3.17. The number of ether oxygens (including phenoxy) is 2. The Morgan fingerprint density at radius 1 is 1.38 bits per heavy atom. The number of aliphatic hydroxyl groups excluding tert-OH is 1. The van der Waals surface area contributed by atoms with Crippen molar-refractivity contribution in [3.05, 3.63) is 30.4 Å². The standard InChI is InChI=1S/C15H19N3O3/c19-14(12-8-17-18-4-3-16-9-13(12)18)11-1-5-21-15(7-11)2-6-20-10-15/h3-4,8-9,11,14,19H,1-2,5-7,10H2. The van der Waals surface area contributed by atoms with Crippen molar-refractivity contribution in [1.82, 2.24) is 14.6 Å². The lowest BCUT2D eigenvalue weighted by molar-refractivity contribution is -0.117. The fourth-order valence-electron chi connectivity index (χ4n) is 3.53. The van der Waals surface area contributed by atoms with Crippen molar-refractivity contribution < 1.29 is 14.6 Å². The van der Waals surface area contributed by atoms with Crippen molar-refractivity contribution in [2.75, 3.05) is 19.8 Å². The first-order valence-corrected chi connectivity index (χ1v) is 7.44. The molecule has 1 spiro atoms. The topological polar surface area (TPSA) is 68.9 Å². The molecule has 2 aromatic heterocycles. The van der Waals surface area contributed by atoms with E-state index >= 15 is 0 Å². The third kappa shape index (κ3) is 2.23. The summed E-state index contributed by atoms with van der Waals surface area (Å²) in [6.07, 6.45) is 9.07. The van der Waals surface area contributed by atoms with Crippen LogP contribution >= 0.6 is 0 Å². The summed E-state index contributed by atoms with van der Waals surface area (Å²) in [5.41, 5.74) is 1.53. The molecule has 3 unspecified atom stereocenters. The van der Waals surface area contributed by atoms with E-state index in [1.54, 1.807) is 29.3 Å². The second-order valence-electron chi connectivity index (χ2n) is 6.04. The molecule has 2 aliphatic heterocycles. The maximum Gasteiger partial charge on any atom is 0.0940 e. The Morgan fingerprint density at radius 3 is 3.19 bits per heavy atom. The highest BCUT2D eigenvalue weighted by molar-refractivity contribution is 5.52. The van der Waals surface area contributed by atoms with Crippen LogP contribution in [0.3, 0.4) is 0 Å². The molecule has 0 amide bonds. The van der Waals surface area contributed by atoms with E-state index in [0.717, 1.165) is 36.9 Å². The minimum absolute atomic E-state index is 0.175. The number of hydrogen-bond acceptors (Lipinski definition) is 5. The van der Waals surface area contributed by atoms with E-state index < -0.39 is 6.10 Å². The molecular weight excluding hydrogens is 270 g/mol. The van der Waals surface area contributed by atoms with E-state index in [1.807, 2.05) is 0 Å². The molecule has 6 heteroatoms. The summed E-state index contributed by atoms with van der Waals surface area (Å²) in [6, 6.07) is 0. The molecule has 2 fully saturated rings. The first-order valence-electron chi connectivity index (χ1n) is 7.44. The van der Waals surface area contributed by atoms with Gasteiger partial charge in [0.15, 0.2) is 0 Å². The number of aliphatic hydroxyl groups is 1. The van der Waals surface area contributed by atoms with Crippen LogP contribution in [0.15, 0.2) is 24.8 Å². The SMILES string of the molecule is OC(c1cnn2ccncc12)C1CCOC2(CCOC2)C1. The van der Waals surface area contributed by atoms with Gasteiger partial charge in [0.2, 0.25) is 0 Å². The molecule has 6 nitrogen and oxygen atoms in total. The summed E-state index contributed by atoms with van der Waals surface area (Å²) in [4.78, 5) is 4.13. The number of nitrogens with zero attached hydrogens (tertiary/aromatic N) is 3. The molecule has 0 saturated carbocycles. The smallest absolute Gasteiger partial charge is 0.0940 e. The molecule has 2 aromatic rings. The van der Waals surface area contributed by atoms with E-state index in [0.29, 0.717) is 13.2 Å². The molecule has 2 saturated heterocycles. The van der Waals surface area contributed by atoms with Crippen LogP contribution in [0, 0.1) is 5.92 Å². The van der Waals surface area contributed by atoms with Crippen LogP contribution in [-0.2, 0) is 9.47 Å². The predicted molar refractivity (Wildman–Crippen MR) is 74.8 cm³/mol. The van der Waals surface area contributed by atoms with Gasteiger partial charge in [-0.05, 0) is 18.8 Å². The van der Waals surface area contributed by atoms with Crippen molar-refractivity contribution in [2.24, 2.45) is 5.92 Å². The van der Waals surface area contributed by atoms with E-state index in [2.05, 4.69) is 10.1 Å². The zero-order valence-electron chi connectivity index (χ0n) is 11.8. The summed E-state index contributed by atoms with van der Waals surface area (Å²) in [5.74, 6) is 0.175. The summed E-state index contributed by atoms with van der Waals surface area (Å²) < 4.78 is 13.2. The second kappa shape index (κ2) is 5.05. The average molecular weight is 289 g/mol. The number of rotatable bonds is 2. The fourth-order valence-corrected chi connectivity index (χ4v) is 3.53. The lowest BCUT2D eigenvalue weighted by atomic mass is 9.80. The zero-order chi connectivity index (χ0) is 14.3. The molecule has 112 valence electrons. The molecule has 4 rings (SSSR count). The summed E-state index contributed by atoms with van der Waals surface area (Å²) >= 11 is 0. The highest BCUT2D eigenvalue weighted by Gasteiger charge is 2.43. The van der Waals surface area contributed by atoms with Gasteiger partial charge in [-0.3, -0.25) is 4.98 Å². The quantitative estimate of drug-likeness (QED) is 0.903. The van der Waals surface area contributed by atoms with Crippen LogP contribution in [0.1, 0.15) is 30.9 Å². The van der Waals surface area contributed by atoms with Crippen LogP contribution in [0.5, 0.6) is 0 Å². The summed E-state index contributed by atoms with van der Waals surface area (Å²) in [6.45, 7) is 2.08. The van der Waals surface area contributed by atoms with Gasteiger partial charge >= 0.3 is 0 Å². The molecule has 3 atom stereocenters. The fraction of sp³-hybridized carbons (Fsp3) is 0.600. The van der Waals surface area contributed by atoms with Gasteiger partial charge in [-0.1, -0.05) is 0 Å². The van der Waals surface area contributed by atoms with Crippen LogP contribution < -0.4 is 0 Å². The molecule has 4 heterocycles. The van der Waals surface area contributed by atoms with E-state index in [-0.39, 0.29) is 11.5 Å². The van der Waals surface area contributed by atoms with Crippen LogP contribution in [0.25, 0.3) is 5.52 Å². The third-order valence-electron chi connectivity index (χ3n) is 4.72. The molecule has 21 heavy (non-hydrogen) atoms. The highest BCUT2D eigenvalue weighted by Crippen LogP contribution is 2.41. The van der Waals surface area contributed by atoms with Crippen molar-refractivity contribution >= 4 is 5.52 Å². The van der Waals surface area contributed by atoms with Crippen molar-refractivity contribution in [2.45, 2.75) is 31.0 Å². The maximum absolute atomic E-state index is 10.8. The van der Waals surface area contributed by atoms with Gasteiger partial charge < -0.3 is 14.6 Å². The summed E-state index contributed by atoms with van der Waals surface area (Å²) in [7, 11) is 0. The first kappa shape index (κ1) is 13.2. The van der Waals surface area contributed by atoms with E-state index in [9.17, 15) is 5.11 Å². The highest BCUT2D eigenvalue weighted by atomic mass is 16.6. The number of aromatic nitrogens is 3. The Labute approximate surface area is 122 Å². The van der Waals surface area contributed by atoms with Gasteiger partial charge in [0, 0.05) is 37.6 Å². The zero-order valence-corrected chi connectivity index (χ0v) is 11.8. The lowest BCUT2D eigenvalue weighted by Gasteiger charge is -2.38. The maximum atomic E-state index is 10.8. The largest absolute Gasteiger partial charge is 0.388 e. The number of fused-ring (bicyclic) bond motifs is 1. The van der Waals surface area contributed by atoms with Gasteiger partial charge in [0.05, 0.1) is 36.2 Å². The van der Waals surface area contributed by atoms with Crippen molar-refractivity contribution in [3.63, 3.8) is 0 Å². The average Bonchev–Trinajstić information content (AvgIpc) is 3.14. The van der Waals surface area contributed by atoms with E-state index in [4.69, 9.17) is 9.47 Å². The van der Waals surface area contributed by atoms with Crippen LogP contribution in [-0.4, -0.2) is 45.1 Å². The summed E-state index contributed by atoms with van der Waals surface area (Å²) in [5, 5.41) is 15.1. The molecule has 0 aromatic carbocycles. The minimum atomic E-state index is -0.534. The molecule has 0 aliphatic carbocycles. The van der Waals surface area contributed by atoms with Crippen LogP contribution in [0.4, 0.5) is 0 Å². The Balaban J connectivity index is 1.60. The normalized spacial score (nSPS) is 31.0. The Bertz CT molecular complexity index is 636. The minimum Gasteiger partial charge on any atom is -0.388 e. The molecule has 0 radical (unpaired) electrons. The van der Waals surface area contributed by atoms with Gasteiger partial charge in [0.1, 0.15) is 0 Å². The lowest BCUT2D eigenvalue weighted by Crippen LogP contribution is -2.41. The molecule has 0 bridgehead atoms. The third-order valence-corrected chi connectivity index (χ3v) is 4.72. The van der Waals surface area contributed by atoms with E-state index in [1.165, 1.54) is 0 Å². The number of hydrogen-bond donors (Lipinski definition) is 1. The van der Waals surface area contributed by atoms with Crippen molar-refractivity contribution in [1.29, 1.82) is 0 Å². The first-order chi connectivity index (χ1) is 10.3. The second-order valence-corrected chi connectivity index (χ2v) is 6.04. The van der Waals surface area contributed by atoms with Crippen molar-refractivity contribution in [3.8, 4) is 0 Å².